The molecule has 0 radical (unpaired) electrons. The summed E-state index contributed by atoms with van der Waals surface area (Å²) in [4.78, 5) is 0.398. The van der Waals surface area contributed by atoms with Crippen LogP contribution in [-0.2, 0) is 19.9 Å². The molecule has 2 aromatic rings. The van der Waals surface area contributed by atoms with Crippen molar-refractivity contribution in [3.63, 3.8) is 0 Å². The Morgan fingerprint density at radius 3 is 2.12 bits per heavy atom. The highest BCUT2D eigenvalue weighted by molar-refractivity contribution is 7.92. The molecule has 6 nitrogen and oxygen atoms in total. The van der Waals surface area contributed by atoms with E-state index in [0.29, 0.717) is 11.3 Å². The fraction of sp³-hybridized carbons (Fsp3) is 0.333. The van der Waals surface area contributed by atoms with Crippen molar-refractivity contribution < 1.29 is 21.6 Å². The molecule has 1 saturated heterocycles. The van der Waals surface area contributed by atoms with Crippen LogP contribution >= 0.6 is 0 Å². The van der Waals surface area contributed by atoms with Crippen LogP contribution < -0.4 is 4.74 Å². The van der Waals surface area contributed by atoms with Crippen molar-refractivity contribution in [1.29, 1.82) is 0 Å². The van der Waals surface area contributed by atoms with E-state index in [1.54, 1.807) is 37.3 Å². The zero-order valence-corrected chi connectivity index (χ0v) is 16.5. The minimum absolute atomic E-state index is 0.0377. The van der Waals surface area contributed by atoms with Gasteiger partial charge in [0.2, 0.25) is 10.0 Å². The minimum Gasteiger partial charge on any atom is -0.497 e. The van der Waals surface area contributed by atoms with Crippen LogP contribution in [0.25, 0.3) is 0 Å². The van der Waals surface area contributed by atoms with Crippen LogP contribution in [0.5, 0.6) is 5.75 Å². The Bertz CT molecular complexity index is 1020. The van der Waals surface area contributed by atoms with Gasteiger partial charge in [-0.25, -0.2) is 16.8 Å². The number of methoxy groups -OCH3 is 1. The van der Waals surface area contributed by atoms with Gasteiger partial charge in [0.1, 0.15) is 5.75 Å². The van der Waals surface area contributed by atoms with Gasteiger partial charge in [-0.05, 0) is 49.7 Å². The van der Waals surface area contributed by atoms with Crippen molar-refractivity contribution >= 4 is 19.9 Å². The van der Waals surface area contributed by atoms with Gasteiger partial charge in [-0.15, -0.1) is 0 Å². The normalized spacial score (nSPS) is 16.3. The van der Waals surface area contributed by atoms with E-state index in [9.17, 15) is 16.8 Å². The highest BCUT2D eigenvalue weighted by Gasteiger charge is 2.44. The third-order valence-corrected chi connectivity index (χ3v) is 8.69. The first-order valence-electron chi connectivity index (χ1n) is 8.11. The monoisotopic (exact) mass is 395 g/mol. The largest absolute Gasteiger partial charge is 0.497 e. The predicted octanol–water partition coefficient (Wildman–Crippen LogP) is 2.16. The SMILES string of the molecule is COc1ccc(S(=O)(=O)C2CN(S(=O)(=O)c3ccc(C)cc3C)C2)cc1. The molecule has 0 saturated carbocycles. The average Bonchev–Trinajstić information content (AvgIpc) is 2.52. The second-order valence-corrected chi connectivity index (χ2v) is 10.6. The maximum Gasteiger partial charge on any atom is 0.243 e. The average molecular weight is 396 g/mol. The molecule has 2 aromatic carbocycles. The van der Waals surface area contributed by atoms with Gasteiger partial charge in [0.15, 0.2) is 9.84 Å². The maximum absolute atomic E-state index is 12.8. The number of hydrogen-bond donors (Lipinski definition) is 0. The summed E-state index contributed by atoms with van der Waals surface area (Å²) in [5.41, 5.74) is 1.64. The quantitative estimate of drug-likeness (QED) is 0.775. The standard InChI is InChI=1S/C18H21NO5S2/c1-13-4-9-18(14(2)10-13)26(22,23)19-11-17(12-19)25(20,21)16-7-5-15(24-3)6-8-16/h4-10,17H,11-12H2,1-3H3. The Balaban J connectivity index is 1.78. The zero-order valence-electron chi connectivity index (χ0n) is 14.8. The van der Waals surface area contributed by atoms with E-state index < -0.39 is 25.1 Å². The molecular weight excluding hydrogens is 374 g/mol. The molecule has 0 aromatic heterocycles. The molecule has 1 heterocycles. The van der Waals surface area contributed by atoms with E-state index in [2.05, 4.69) is 0 Å². The van der Waals surface area contributed by atoms with Crippen molar-refractivity contribution in [3.05, 3.63) is 53.6 Å². The first-order valence-corrected chi connectivity index (χ1v) is 11.1. The van der Waals surface area contributed by atoms with Crippen molar-refractivity contribution in [2.75, 3.05) is 20.2 Å². The maximum atomic E-state index is 12.8. The van der Waals surface area contributed by atoms with Gasteiger partial charge < -0.3 is 4.74 Å². The lowest BCUT2D eigenvalue weighted by Gasteiger charge is -2.37. The van der Waals surface area contributed by atoms with Crippen LogP contribution in [0, 0.1) is 13.8 Å². The molecule has 26 heavy (non-hydrogen) atoms. The second-order valence-electron chi connectivity index (χ2n) is 6.43. The molecule has 0 spiro atoms. The zero-order chi connectivity index (χ0) is 19.1. The highest BCUT2D eigenvalue weighted by Crippen LogP contribution is 2.30. The van der Waals surface area contributed by atoms with Gasteiger partial charge in [0, 0.05) is 13.1 Å². The summed E-state index contributed by atoms with van der Waals surface area (Å²) in [6.45, 7) is 3.56. The number of nitrogens with zero attached hydrogens (tertiary/aromatic N) is 1. The first kappa shape index (κ1) is 18.9. The summed E-state index contributed by atoms with van der Waals surface area (Å²) in [5.74, 6) is 0.566. The number of sulfone groups is 1. The van der Waals surface area contributed by atoms with Crippen molar-refractivity contribution in [2.24, 2.45) is 0 Å². The number of rotatable bonds is 5. The van der Waals surface area contributed by atoms with Crippen LogP contribution in [0.15, 0.2) is 52.3 Å². The Kier molecular flexibility index (Phi) is 4.85. The number of benzene rings is 2. The Morgan fingerprint density at radius 2 is 1.58 bits per heavy atom. The fourth-order valence-electron chi connectivity index (χ4n) is 2.98. The number of hydrogen-bond acceptors (Lipinski definition) is 5. The number of aryl methyl sites for hydroxylation is 2. The lowest BCUT2D eigenvalue weighted by Crippen LogP contribution is -2.56. The summed E-state index contributed by atoms with van der Waals surface area (Å²) in [5, 5.41) is -0.739. The van der Waals surface area contributed by atoms with Gasteiger partial charge in [0.05, 0.1) is 22.2 Å². The summed E-state index contributed by atoms with van der Waals surface area (Å²) >= 11 is 0. The van der Waals surface area contributed by atoms with Crippen molar-refractivity contribution in [2.45, 2.75) is 28.9 Å². The molecular formula is C18H21NO5S2. The lowest BCUT2D eigenvalue weighted by molar-refractivity contribution is 0.309. The van der Waals surface area contributed by atoms with Gasteiger partial charge in [-0.3, -0.25) is 0 Å². The van der Waals surface area contributed by atoms with E-state index in [1.807, 2.05) is 6.92 Å². The topological polar surface area (TPSA) is 80.8 Å². The summed E-state index contributed by atoms with van der Waals surface area (Å²) < 4.78 is 57.1. The summed E-state index contributed by atoms with van der Waals surface area (Å²) in [7, 11) is -5.76. The van der Waals surface area contributed by atoms with E-state index in [4.69, 9.17) is 4.74 Å². The van der Waals surface area contributed by atoms with Gasteiger partial charge >= 0.3 is 0 Å². The molecule has 0 atom stereocenters. The molecule has 1 aliphatic rings. The van der Waals surface area contributed by atoms with Gasteiger partial charge in [0.25, 0.3) is 0 Å². The van der Waals surface area contributed by atoms with Crippen LogP contribution in [0.1, 0.15) is 11.1 Å². The minimum atomic E-state index is -3.69. The Hall–Kier alpha value is -1.90. The molecule has 1 fully saturated rings. The molecule has 3 rings (SSSR count). The van der Waals surface area contributed by atoms with Crippen LogP contribution in [0.4, 0.5) is 0 Å². The predicted molar refractivity (Wildman–Crippen MR) is 98.6 cm³/mol. The number of sulfonamides is 1. The van der Waals surface area contributed by atoms with E-state index in [-0.39, 0.29) is 22.9 Å². The number of ether oxygens (including phenoxy) is 1. The highest BCUT2D eigenvalue weighted by atomic mass is 32.2. The summed E-state index contributed by atoms with van der Waals surface area (Å²) in [6, 6.07) is 11.2. The van der Waals surface area contributed by atoms with Crippen LogP contribution in [-0.4, -0.2) is 46.6 Å². The second kappa shape index (κ2) is 6.68. The molecule has 0 aliphatic carbocycles. The van der Waals surface area contributed by atoms with Crippen molar-refractivity contribution in [3.8, 4) is 5.75 Å². The van der Waals surface area contributed by atoms with Crippen molar-refractivity contribution in [1.82, 2.24) is 4.31 Å². The Morgan fingerprint density at radius 1 is 0.962 bits per heavy atom. The third kappa shape index (κ3) is 3.24. The third-order valence-electron chi connectivity index (χ3n) is 4.59. The molecule has 0 amide bonds. The van der Waals surface area contributed by atoms with Crippen LogP contribution in [0.3, 0.4) is 0 Å². The first-order chi connectivity index (χ1) is 12.2. The molecule has 140 valence electrons. The lowest BCUT2D eigenvalue weighted by atomic mass is 10.2. The molecule has 0 unspecified atom stereocenters. The Labute approximate surface area is 154 Å². The van der Waals surface area contributed by atoms with Gasteiger partial charge in [-0.2, -0.15) is 4.31 Å². The van der Waals surface area contributed by atoms with Crippen LogP contribution in [0.2, 0.25) is 0 Å². The molecule has 0 bridgehead atoms. The fourth-order valence-corrected chi connectivity index (χ4v) is 6.56. The summed E-state index contributed by atoms with van der Waals surface area (Å²) in [6.07, 6.45) is 0. The van der Waals surface area contributed by atoms with E-state index in [1.165, 1.54) is 23.5 Å². The molecule has 1 aliphatic heterocycles. The molecule has 0 N–H and O–H groups in total. The van der Waals surface area contributed by atoms with E-state index >= 15 is 0 Å². The molecule has 8 heteroatoms. The van der Waals surface area contributed by atoms with Gasteiger partial charge in [-0.1, -0.05) is 17.7 Å². The van der Waals surface area contributed by atoms with E-state index in [0.717, 1.165) is 5.56 Å². The smallest absolute Gasteiger partial charge is 0.243 e.